The normalized spacial score (nSPS) is 10.2. The molecule has 2 aromatic rings. The third kappa shape index (κ3) is 1.99. The molecular formula is C13H13NO. The summed E-state index contributed by atoms with van der Waals surface area (Å²) in [6, 6.07) is 14.0. The highest BCUT2D eigenvalue weighted by atomic mass is 16.1. The molecule has 0 amide bonds. The third-order valence-electron chi connectivity index (χ3n) is 2.54. The van der Waals surface area contributed by atoms with Crippen LogP contribution in [0.2, 0.25) is 0 Å². The van der Waals surface area contributed by atoms with E-state index in [2.05, 4.69) is 12.1 Å². The van der Waals surface area contributed by atoms with Crippen LogP contribution >= 0.6 is 0 Å². The lowest BCUT2D eigenvalue weighted by Crippen LogP contribution is -2.05. The summed E-state index contributed by atoms with van der Waals surface area (Å²) >= 11 is 0. The number of aryl methyl sites for hydroxylation is 1. The quantitative estimate of drug-likeness (QED) is 0.696. The molecule has 1 aromatic carbocycles. The minimum Gasteiger partial charge on any atom is -0.338 e. The number of rotatable bonds is 3. The van der Waals surface area contributed by atoms with Crippen LogP contribution < -0.4 is 0 Å². The molecule has 1 heterocycles. The highest BCUT2D eigenvalue weighted by Crippen LogP contribution is 2.10. The SMILES string of the molecule is Cc1ccc(C=O)n1Cc1ccccc1. The number of aromatic nitrogens is 1. The van der Waals surface area contributed by atoms with Crippen LogP contribution in [0, 0.1) is 6.92 Å². The van der Waals surface area contributed by atoms with E-state index in [1.165, 1.54) is 5.56 Å². The van der Waals surface area contributed by atoms with Crippen molar-refractivity contribution < 1.29 is 4.79 Å². The number of benzene rings is 1. The molecule has 0 atom stereocenters. The van der Waals surface area contributed by atoms with Gasteiger partial charge in [-0.05, 0) is 24.6 Å². The first kappa shape index (κ1) is 9.71. The summed E-state index contributed by atoms with van der Waals surface area (Å²) in [5.74, 6) is 0. The zero-order chi connectivity index (χ0) is 10.7. The number of carbonyl (C=O) groups excluding carboxylic acids is 1. The molecule has 0 N–H and O–H groups in total. The average molecular weight is 199 g/mol. The molecule has 0 unspecified atom stereocenters. The van der Waals surface area contributed by atoms with Crippen molar-refractivity contribution in [2.45, 2.75) is 13.5 Å². The predicted octanol–water partition coefficient (Wildman–Crippen LogP) is 2.66. The van der Waals surface area contributed by atoms with Gasteiger partial charge in [-0.1, -0.05) is 30.3 Å². The minimum absolute atomic E-state index is 0.733. The largest absolute Gasteiger partial charge is 0.338 e. The first-order valence-corrected chi connectivity index (χ1v) is 4.96. The molecule has 2 rings (SSSR count). The Bertz CT molecular complexity index is 457. The average Bonchev–Trinajstić information content (AvgIpc) is 2.62. The first-order valence-electron chi connectivity index (χ1n) is 4.96. The molecule has 15 heavy (non-hydrogen) atoms. The molecule has 0 saturated carbocycles. The van der Waals surface area contributed by atoms with E-state index >= 15 is 0 Å². The summed E-state index contributed by atoms with van der Waals surface area (Å²) in [4.78, 5) is 10.8. The Morgan fingerprint density at radius 3 is 2.53 bits per heavy atom. The molecule has 0 aliphatic carbocycles. The fraction of sp³-hybridized carbons (Fsp3) is 0.154. The van der Waals surface area contributed by atoms with Gasteiger partial charge in [-0.3, -0.25) is 4.79 Å². The van der Waals surface area contributed by atoms with Crippen molar-refractivity contribution >= 4 is 6.29 Å². The topological polar surface area (TPSA) is 22.0 Å². The fourth-order valence-electron chi connectivity index (χ4n) is 1.67. The van der Waals surface area contributed by atoms with E-state index in [9.17, 15) is 4.79 Å². The Morgan fingerprint density at radius 2 is 1.87 bits per heavy atom. The second kappa shape index (κ2) is 4.13. The molecule has 0 radical (unpaired) electrons. The van der Waals surface area contributed by atoms with Gasteiger partial charge in [0.1, 0.15) is 0 Å². The van der Waals surface area contributed by atoms with Crippen LogP contribution in [0.15, 0.2) is 42.5 Å². The van der Waals surface area contributed by atoms with E-state index in [0.29, 0.717) is 0 Å². The molecule has 0 fully saturated rings. The standard InChI is InChI=1S/C13H13NO/c1-11-7-8-13(10-15)14(11)9-12-5-3-2-4-6-12/h2-8,10H,9H2,1H3. The van der Waals surface area contributed by atoms with Gasteiger partial charge in [0.15, 0.2) is 6.29 Å². The van der Waals surface area contributed by atoms with Gasteiger partial charge in [0.05, 0.1) is 5.69 Å². The molecule has 2 nitrogen and oxygen atoms in total. The van der Waals surface area contributed by atoms with Gasteiger partial charge in [-0.15, -0.1) is 0 Å². The Hall–Kier alpha value is -1.83. The van der Waals surface area contributed by atoms with Gasteiger partial charge in [-0.2, -0.15) is 0 Å². The summed E-state index contributed by atoms with van der Waals surface area (Å²) in [6.45, 7) is 2.77. The Kier molecular flexibility index (Phi) is 2.68. The predicted molar refractivity (Wildman–Crippen MR) is 60.1 cm³/mol. The van der Waals surface area contributed by atoms with Gasteiger partial charge in [0.25, 0.3) is 0 Å². The molecule has 0 spiro atoms. The van der Waals surface area contributed by atoms with Crippen molar-refractivity contribution in [3.8, 4) is 0 Å². The molecule has 0 bridgehead atoms. The van der Waals surface area contributed by atoms with Crippen LogP contribution in [0.3, 0.4) is 0 Å². The van der Waals surface area contributed by atoms with Crippen LogP contribution in [0.1, 0.15) is 21.7 Å². The maximum Gasteiger partial charge on any atom is 0.166 e. The Labute approximate surface area is 89.2 Å². The Balaban J connectivity index is 2.31. The van der Waals surface area contributed by atoms with Crippen LogP contribution in [0.5, 0.6) is 0 Å². The summed E-state index contributed by atoms with van der Waals surface area (Å²) < 4.78 is 2.02. The zero-order valence-electron chi connectivity index (χ0n) is 8.68. The Morgan fingerprint density at radius 1 is 1.13 bits per heavy atom. The van der Waals surface area contributed by atoms with E-state index in [4.69, 9.17) is 0 Å². The van der Waals surface area contributed by atoms with E-state index in [0.717, 1.165) is 24.2 Å². The van der Waals surface area contributed by atoms with Gasteiger partial charge >= 0.3 is 0 Å². The monoisotopic (exact) mass is 199 g/mol. The smallest absolute Gasteiger partial charge is 0.166 e. The second-order valence-electron chi connectivity index (χ2n) is 3.59. The lowest BCUT2D eigenvalue weighted by Gasteiger charge is -2.08. The van der Waals surface area contributed by atoms with Crippen molar-refractivity contribution in [3.63, 3.8) is 0 Å². The van der Waals surface area contributed by atoms with Crippen molar-refractivity contribution in [2.24, 2.45) is 0 Å². The number of nitrogens with zero attached hydrogens (tertiary/aromatic N) is 1. The van der Waals surface area contributed by atoms with Crippen LogP contribution in [-0.4, -0.2) is 10.9 Å². The van der Waals surface area contributed by atoms with Crippen molar-refractivity contribution in [1.29, 1.82) is 0 Å². The van der Waals surface area contributed by atoms with Gasteiger partial charge in [0, 0.05) is 12.2 Å². The van der Waals surface area contributed by atoms with Gasteiger partial charge in [0.2, 0.25) is 0 Å². The lowest BCUT2D eigenvalue weighted by molar-refractivity contribution is 0.111. The zero-order valence-corrected chi connectivity index (χ0v) is 8.68. The molecule has 76 valence electrons. The molecule has 2 heteroatoms. The van der Waals surface area contributed by atoms with Crippen LogP contribution in [0.25, 0.3) is 0 Å². The molecule has 0 aliphatic rings. The van der Waals surface area contributed by atoms with Crippen LogP contribution in [0.4, 0.5) is 0 Å². The summed E-state index contributed by atoms with van der Waals surface area (Å²) in [5, 5.41) is 0. The third-order valence-corrected chi connectivity index (χ3v) is 2.54. The van der Waals surface area contributed by atoms with E-state index in [1.807, 2.05) is 41.8 Å². The molecule has 1 aromatic heterocycles. The number of aldehydes is 1. The van der Waals surface area contributed by atoms with Crippen LogP contribution in [-0.2, 0) is 6.54 Å². The van der Waals surface area contributed by atoms with Crippen molar-refractivity contribution in [3.05, 3.63) is 59.4 Å². The summed E-state index contributed by atoms with van der Waals surface area (Å²) in [7, 11) is 0. The highest BCUT2D eigenvalue weighted by Gasteiger charge is 2.03. The molecule has 0 saturated heterocycles. The molecule has 0 aliphatic heterocycles. The van der Waals surface area contributed by atoms with E-state index in [-0.39, 0.29) is 0 Å². The summed E-state index contributed by atoms with van der Waals surface area (Å²) in [6.07, 6.45) is 0.899. The number of hydrogen-bond acceptors (Lipinski definition) is 1. The van der Waals surface area contributed by atoms with Gasteiger partial charge in [-0.25, -0.2) is 0 Å². The second-order valence-corrected chi connectivity index (χ2v) is 3.59. The fourth-order valence-corrected chi connectivity index (χ4v) is 1.67. The highest BCUT2D eigenvalue weighted by molar-refractivity contribution is 5.72. The van der Waals surface area contributed by atoms with Crippen molar-refractivity contribution in [1.82, 2.24) is 4.57 Å². The maximum atomic E-state index is 10.8. The maximum absolute atomic E-state index is 10.8. The first-order chi connectivity index (χ1) is 7.31. The van der Waals surface area contributed by atoms with E-state index < -0.39 is 0 Å². The number of hydrogen-bond donors (Lipinski definition) is 0. The van der Waals surface area contributed by atoms with Crippen molar-refractivity contribution in [2.75, 3.05) is 0 Å². The minimum atomic E-state index is 0.733. The molecular weight excluding hydrogens is 186 g/mol. The lowest BCUT2D eigenvalue weighted by atomic mass is 10.2. The summed E-state index contributed by atoms with van der Waals surface area (Å²) in [5.41, 5.74) is 3.05. The van der Waals surface area contributed by atoms with Gasteiger partial charge < -0.3 is 4.57 Å². The number of carbonyl (C=O) groups is 1. The van der Waals surface area contributed by atoms with E-state index in [1.54, 1.807) is 0 Å².